The lowest BCUT2D eigenvalue weighted by Crippen LogP contribution is -2.11. The molecule has 0 N–H and O–H groups in total. The van der Waals surface area contributed by atoms with E-state index >= 15 is 0 Å². The predicted octanol–water partition coefficient (Wildman–Crippen LogP) is 3.16. The highest BCUT2D eigenvalue weighted by atomic mass is 16.1. The van der Waals surface area contributed by atoms with Crippen LogP contribution in [0.3, 0.4) is 0 Å². The Morgan fingerprint density at radius 2 is 2.00 bits per heavy atom. The largest absolute Gasteiger partial charge is 0.292 e. The molecule has 114 valence electrons. The monoisotopic (exact) mass is 296 g/mol. The number of Topliss-reactive ketones (excluding diaryl/α,β-unsaturated/α-hetero) is 1. The lowest BCUT2D eigenvalue weighted by atomic mass is 10.0. The van der Waals surface area contributed by atoms with Gasteiger partial charge in [0.25, 0.3) is 5.82 Å². The third-order valence-corrected chi connectivity index (χ3v) is 3.54. The minimum atomic E-state index is -0.0353. The second-order valence-corrected chi connectivity index (χ2v) is 5.31. The number of carbonyl (C=O) groups is 1. The van der Waals surface area contributed by atoms with E-state index in [9.17, 15) is 4.79 Å². The molecule has 22 heavy (non-hydrogen) atoms. The van der Waals surface area contributed by atoms with Crippen LogP contribution in [-0.4, -0.2) is 20.5 Å². The quantitative estimate of drug-likeness (QED) is 0.554. The molecule has 0 atom stereocenters. The first-order valence-electron chi connectivity index (χ1n) is 7.64. The van der Waals surface area contributed by atoms with Gasteiger partial charge in [-0.25, -0.2) is 9.67 Å². The van der Waals surface area contributed by atoms with Gasteiger partial charge in [0, 0.05) is 5.56 Å². The van der Waals surface area contributed by atoms with E-state index in [2.05, 4.69) is 17.0 Å². The molecule has 2 rings (SSSR count). The van der Waals surface area contributed by atoms with Crippen molar-refractivity contribution in [2.24, 2.45) is 0 Å². The van der Waals surface area contributed by atoms with Crippen molar-refractivity contribution >= 4 is 5.78 Å². The van der Waals surface area contributed by atoms with Crippen LogP contribution < -0.4 is 0 Å². The fourth-order valence-electron chi connectivity index (χ4n) is 2.27. The minimum Gasteiger partial charge on any atom is -0.292 e. The van der Waals surface area contributed by atoms with Gasteiger partial charge >= 0.3 is 0 Å². The molecule has 5 nitrogen and oxygen atoms in total. The maximum absolute atomic E-state index is 12.2. The highest BCUT2D eigenvalue weighted by molar-refractivity contribution is 5.95. The Morgan fingerprint density at radius 3 is 2.64 bits per heavy atom. The molecule has 1 aromatic heterocycles. The summed E-state index contributed by atoms with van der Waals surface area (Å²) in [4.78, 5) is 15.9. The zero-order valence-corrected chi connectivity index (χ0v) is 12.8. The lowest BCUT2D eigenvalue weighted by molar-refractivity contribution is 0.0967. The number of rotatable bonds is 8. The first kappa shape index (κ1) is 15.9. The average molecular weight is 296 g/mol. The van der Waals surface area contributed by atoms with E-state index in [1.165, 1.54) is 42.3 Å². The van der Waals surface area contributed by atoms with Gasteiger partial charge in [-0.1, -0.05) is 50.5 Å². The van der Waals surface area contributed by atoms with Crippen molar-refractivity contribution in [2.45, 2.75) is 45.6 Å². The van der Waals surface area contributed by atoms with Gasteiger partial charge in [0.1, 0.15) is 18.9 Å². The molecule has 2 aromatic rings. The van der Waals surface area contributed by atoms with Crippen LogP contribution in [0.5, 0.6) is 0 Å². The molecule has 0 spiro atoms. The molecule has 0 amide bonds. The van der Waals surface area contributed by atoms with Gasteiger partial charge in [0.2, 0.25) is 0 Å². The fraction of sp³-hybridized carbons (Fsp3) is 0.412. The number of carbonyl (C=O) groups excluding carboxylic acids is 1. The molecule has 1 aromatic carbocycles. The number of aromatic nitrogens is 3. The zero-order valence-electron chi connectivity index (χ0n) is 12.8. The van der Waals surface area contributed by atoms with Crippen molar-refractivity contribution in [3.8, 4) is 6.07 Å². The van der Waals surface area contributed by atoms with Crippen molar-refractivity contribution < 1.29 is 4.79 Å². The molecule has 0 saturated heterocycles. The maximum Gasteiger partial charge on any atom is 0.252 e. The van der Waals surface area contributed by atoms with Gasteiger partial charge in [0.05, 0.1) is 0 Å². The summed E-state index contributed by atoms with van der Waals surface area (Å²) in [7, 11) is 0. The Hall–Kier alpha value is -2.48. The molecule has 0 saturated carbocycles. The van der Waals surface area contributed by atoms with Crippen molar-refractivity contribution in [3.63, 3.8) is 0 Å². The second-order valence-electron chi connectivity index (χ2n) is 5.31. The first-order valence-corrected chi connectivity index (χ1v) is 7.64. The summed E-state index contributed by atoms with van der Waals surface area (Å²) in [6.45, 7) is 2.31. The number of hydrogen-bond acceptors (Lipinski definition) is 4. The summed E-state index contributed by atoms with van der Waals surface area (Å²) in [5.74, 6) is 0.0437. The molecule has 0 aliphatic carbocycles. The van der Waals surface area contributed by atoms with Crippen LogP contribution in [-0.2, 0) is 13.0 Å². The van der Waals surface area contributed by atoms with Crippen molar-refractivity contribution in [3.05, 3.63) is 47.5 Å². The van der Waals surface area contributed by atoms with Gasteiger partial charge in [-0.15, -0.1) is 5.10 Å². The van der Waals surface area contributed by atoms with E-state index in [-0.39, 0.29) is 18.2 Å². The standard InChI is InChI=1S/C17H20N4O/c1-2-3-4-5-6-14-7-9-15(10-8-14)16(22)12-21-13-19-17(11-18)20-21/h7-10,13H,2-6,12H2,1H3. The van der Waals surface area contributed by atoms with E-state index in [0.717, 1.165) is 6.42 Å². The molecular weight excluding hydrogens is 276 g/mol. The van der Waals surface area contributed by atoms with Crippen LogP contribution in [0.1, 0.15) is 54.4 Å². The molecule has 0 radical (unpaired) electrons. The Morgan fingerprint density at radius 1 is 1.23 bits per heavy atom. The van der Waals surface area contributed by atoms with Gasteiger partial charge in [-0.3, -0.25) is 4.79 Å². The Labute approximate surface area is 130 Å². The van der Waals surface area contributed by atoms with Crippen molar-refractivity contribution in [1.82, 2.24) is 14.8 Å². The van der Waals surface area contributed by atoms with Gasteiger partial charge in [-0.2, -0.15) is 5.26 Å². The average Bonchev–Trinajstić information content (AvgIpc) is 3.00. The molecule has 0 fully saturated rings. The third-order valence-electron chi connectivity index (χ3n) is 3.54. The summed E-state index contributed by atoms with van der Waals surface area (Å²) in [5, 5.41) is 12.6. The van der Waals surface area contributed by atoms with E-state index in [4.69, 9.17) is 5.26 Å². The molecule has 1 heterocycles. The lowest BCUT2D eigenvalue weighted by Gasteiger charge is -2.04. The van der Waals surface area contributed by atoms with Gasteiger partial charge in [-0.05, 0) is 18.4 Å². The van der Waals surface area contributed by atoms with Crippen LogP contribution in [0.25, 0.3) is 0 Å². The van der Waals surface area contributed by atoms with Crippen LogP contribution in [0.4, 0.5) is 0 Å². The SMILES string of the molecule is CCCCCCc1ccc(C(=O)Cn2cnc(C#N)n2)cc1. The van der Waals surface area contributed by atoms with Crippen molar-refractivity contribution in [2.75, 3.05) is 0 Å². The topological polar surface area (TPSA) is 71.6 Å². The van der Waals surface area contributed by atoms with Crippen molar-refractivity contribution in [1.29, 1.82) is 5.26 Å². The number of nitrogens with zero attached hydrogens (tertiary/aromatic N) is 4. The number of benzene rings is 1. The maximum atomic E-state index is 12.2. The smallest absolute Gasteiger partial charge is 0.252 e. The minimum absolute atomic E-state index is 0.0353. The number of aryl methyl sites for hydroxylation is 1. The molecule has 0 aliphatic rings. The summed E-state index contributed by atoms with van der Waals surface area (Å²) >= 11 is 0. The molecule has 0 bridgehead atoms. The Bertz CT molecular complexity index is 652. The third kappa shape index (κ3) is 4.52. The Kier molecular flexibility index (Phi) is 5.84. The summed E-state index contributed by atoms with van der Waals surface area (Å²) < 4.78 is 1.39. The molecular formula is C17H20N4O. The summed E-state index contributed by atoms with van der Waals surface area (Å²) in [6, 6.07) is 9.59. The molecule has 5 heteroatoms. The molecule has 0 aliphatic heterocycles. The fourth-order valence-corrected chi connectivity index (χ4v) is 2.27. The molecule has 0 unspecified atom stereocenters. The van der Waals surface area contributed by atoms with E-state index in [1.54, 1.807) is 0 Å². The van der Waals surface area contributed by atoms with Crippen LogP contribution in [0, 0.1) is 11.3 Å². The number of unbranched alkanes of at least 4 members (excludes halogenated alkanes) is 3. The van der Waals surface area contributed by atoms with E-state index in [1.807, 2.05) is 30.3 Å². The number of ketones is 1. The first-order chi connectivity index (χ1) is 10.7. The van der Waals surface area contributed by atoms with Crippen LogP contribution in [0.2, 0.25) is 0 Å². The predicted molar refractivity (Wildman–Crippen MR) is 83.4 cm³/mol. The highest BCUT2D eigenvalue weighted by Gasteiger charge is 2.08. The number of hydrogen-bond donors (Lipinski definition) is 0. The van der Waals surface area contributed by atoms with Gasteiger partial charge in [0.15, 0.2) is 5.78 Å². The highest BCUT2D eigenvalue weighted by Crippen LogP contribution is 2.10. The van der Waals surface area contributed by atoms with Gasteiger partial charge < -0.3 is 0 Å². The van der Waals surface area contributed by atoms with Crippen LogP contribution in [0.15, 0.2) is 30.6 Å². The Balaban J connectivity index is 1.89. The normalized spacial score (nSPS) is 10.4. The van der Waals surface area contributed by atoms with Crippen LogP contribution >= 0.6 is 0 Å². The number of nitriles is 1. The summed E-state index contributed by atoms with van der Waals surface area (Å²) in [5.41, 5.74) is 1.92. The second kappa shape index (κ2) is 8.08. The van der Waals surface area contributed by atoms with E-state index < -0.39 is 0 Å². The van der Waals surface area contributed by atoms with E-state index in [0.29, 0.717) is 5.56 Å². The summed E-state index contributed by atoms with van der Waals surface area (Å²) in [6.07, 6.45) is 7.42. The zero-order chi connectivity index (χ0) is 15.8.